The number of aromatic nitrogens is 3. The molecule has 4 heteroatoms. The highest BCUT2D eigenvalue weighted by Crippen LogP contribution is 2.40. The molecule has 136 valence electrons. The second-order valence-corrected chi connectivity index (χ2v) is 7.11. The van der Waals surface area contributed by atoms with Crippen LogP contribution < -0.4 is 0 Å². The van der Waals surface area contributed by atoms with Crippen LogP contribution in [0.5, 0.6) is 0 Å². The van der Waals surface area contributed by atoms with E-state index in [1.165, 1.54) is 11.1 Å². The van der Waals surface area contributed by atoms with Crippen molar-refractivity contribution in [1.82, 2.24) is 15.0 Å². The van der Waals surface area contributed by atoms with Crippen LogP contribution >= 0.6 is 11.6 Å². The zero-order valence-electron chi connectivity index (χ0n) is 15.1. The third-order valence-corrected chi connectivity index (χ3v) is 5.41. The quantitative estimate of drug-likeness (QED) is 0.309. The van der Waals surface area contributed by atoms with Crippen LogP contribution in [0.15, 0.2) is 84.9 Å². The molecule has 0 aliphatic rings. The summed E-state index contributed by atoms with van der Waals surface area (Å²) in [4.78, 5) is 0. The third-order valence-electron chi connectivity index (χ3n) is 5.14. The molecule has 0 bridgehead atoms. The second-order valence-electron chi connectivity index (χ2n) is 6.73. The number of para-hydroxylation sites is 1. The molecule has 0 spiro atoms. The fourth-order valence-electron chi connectivity index (χ4n) is 3.86. The standard InChI is InChI=1S/C23H22ClN3/c24-18-10-9-17-23(19-11-3-1-4-12-19,20-13-5-2-6-14-20)27-22-16-8-7-15-21(22)25-26-27/h1-8,11-16H,9-10,17-18H2. The van der Waals surface area contributed by atoms with E-state index in [4.69, 9.17) is 11.6 Å². The van der Waals surface area contributed by atoms with Crippen molar-refractivity contribution in [3.63, 3.8) is 0 Å². The lowest BCUT2D eigenvalue weighted by Crippen LogP contribution is -2.37. The van der Waals surface area contributed by atoms with Crippen LogP contribution in [0.2, 0.25) is 0 Å². The summed E-state index contributed by atoms with van der Waals surface area (Å²) in [5.41, 5.74) is 3.94. The van der Waals surface area contributed by atoms with Gasteiger partial charge in [-0.05, 0) is 42.5 Å². The third kappa shape index (κ3) is 3.24. The van der Waals surface area contributed by atoms with Crippen molar-refractivity contribution in [2.75, 3.05) is 5.88 Å². The van der Waals surface area contributed by atoms with Crippen LogP contribution in [0.1, 0.15) is 30.4 Å². The predicted octanol–water partition coefficient (Wildman–Crippen LogP) is 5.63. The van der Waals surface area contributed by atoms with Crippen LogP contribution in [0.3, 0.4) is 0 Å². The number of alkyl halides is 1. The Morgan fingerprint density at radius 1 is 0.741 bits per heavy atom. The van der Waals surface area contributed by atoms with Gasteiger partial charge in [-0.1, -0.05) is 78.0 Å². The highest BCUT2D eigenvalue weighted by Gasteiger charge is 2.38. The Balaban J connectivity index is 2.00. The second kappa shape index (κ2) is 7.93. The summed E-state index contributed by atoms with van der Waals surface area (Å²) in [7, 11) is 0. The Morgan fingerprint density at radius 2 is 1.33 bits per heavy atom. The fraction of sp³-hybridized carbons (Fsp3) is 0.217. The highest BCUT2D eigenvalue weighted by molar-refractivity contribution is 6.17. The first-order valence-electron chi connectivity index (χ1n) is 9.34. The number of hydrogen-bond acceptors (Lipinski definition) is 2. The molecule has 0 saturated heterocycles. The molecule has 0 atom stereocenters. The maximum atomic E-state index is 6.01. The van der Waals surface area contributed by atoms with Crippen LogP contribution in [0.4, 0.5) is 0 Å². The molecule has 4 rings (SSSR count). The molecule has 0 amide bonds. The Labute approximate surface area is 164 Å². The molecule has 1 heterocycles. The monoisotopic (exact) mass is 375 g/mol. The van der Waals surface area contributed by atoms with Gasteiger partial charge >= 0.3 is 0 Å². The molecule has 4 aromatic rings. The van der Waals surface area contributed by atoms with Crippen molar-refractivity contribution < 1.29 is 0 Å². The number of fused-ring (bicyclic) bond motifs is 1. The number of benzene rings is 3. The molecule has 3 nitrogen and oxygen atoms in total. The molecule has 27 heavy (non-hydrogen) atoms. The van der Waals surface area contributed by atoms with Crippen molar-refractivity contribution in [3.8, 4) is 0 Å². The lowest BCUT2D eigenvalue weighted by Gasteiger charge is -2.36. The maximum absolute atomic E-state index is 6.01. The summed E-state index contributed by atoms with van der Waals surface area (Å²) in [5.74, 6) is 0.664. The molecule has 0 radical (unpaired) electrons. The van der Waals surface area contributed by atoms with E-state index < -0.39 is 5.54 Å². The highest BCUT2D eigenvalue weighted by atomic mass is 35.5. The Hall–Kier alpha value is -2.65. The average molecular weight is 376 g/mol. The Morgan fingerprint density at radius 3 is 1.96 bits per heavy atom. The van der Waals surface area contributed by atoms with Crippen LogP contribution in [-0.4, -0.2) is 20.9 Å². The van der Waals surface area contributed by atoms with Crippen molar-refractivity contribution in [2.24, 2.45) is 0 Å². The summed E-state index contributed by atoms with van der Waals surface area (Å²) >= 11 is 6.01. The van der Waals surface area contributed by atoms with Gasteiger partial charge in [-0.3, -0.25) is 0 Å². The SMILES string of the molecule is ClCCCCC(c1ccccc1)(c1ccccc1)n1nnc2ccccc21. The predicted molar refractivity (Wildman–Crippen MR) is 111 cm³/mol. The molecule has 0 unspecified atom stereocenters. The minimum Gasteiger partial charge on any atom is -0.230 e. The van der Waals surface area contributed by atoms with E-state index in [0.29, 0.717) is 5.88 Å². The smallest absolute Gasteiger partial charge is 0.115 e. The molecule has 0 N–H and O–H groups in total. The molecule has 0 saturated carbocycles. The minimum atomic E-state index is -0.426. The van der Waals surface area contributed by atoms with Gasteiger partial charge in [0.25, 0.3) is 0 Å². The van der Waals surface area contributed by atoms with Gasteiger partial charge in [0.05, 0.1) is 5.52 Å². The lowest BCUT2D eigenvalue weighted by molar-refractivity contribution is 0.352. The van der Waals surface area contributed by atoms with Gasteiger partial charge in [-0.25, -0.2) is 4.68 Å². The number of halogens is 1. The van der Waals surface area contributed by atoms with Gasteiger partial charge in [0.1, 0.15) is 11.1 Å². The molecule has 0 aliphatic heterocycles. The van der Waals surface area contributed by atoms with E-state index in [1.807, 2.05) is 18.2 Å². The number of unbranched alkanes of at least 4 members (excludes halogenated alkanes) is 1. The lowest BCUT2D eigenvalue weighted by atomic mass is 9.78. The van der Waals surface area contributed by atoms with Crippen molar-refractivity contribution in [2.45, 2.75) is 24.8 Å². The van der Waals surface area contributed by atoms with E-state index in [-0.39, 0.29) is 0 Å². The van der Waals surface area contributed by atoms with Crippen molar-refractivity contribution >= 4 is 22.6 Å². The van der Waals surface area contributed by atoms with E-state index in [0.717, 1.165) is 30.3 Å². The van der Waals surface area contributed by atoms with Gasteiger partial charge in [0.15, 0.2) is 0 Å². The molecule has 1 aromatic heterocycles. The normalized spacial score (nSPS) is 11.7. The van der Waals surface area contributed by atoms with Gasteiger partial charge in [-0.15, -0.1) is 16.7 Å². The first-order chi connectivity index (χ1) is 13.4. The summed E-state index contributed by atoms with van der Waals surface area (Å²) in [5, 5.41) is 9.08. The molecule has 0 fully saturated rings. The van der Waals surface area contributed by atoms with Gasteiger partial charge in [0.2, 0.25) is 0 Å². The zero-order chi connectivity index (χ0) is 18.5. The average Bonchev–Trinajstić information content (AvgIpc) is 3.17. The Kier molecular flexibility index (Phi) is 5.21. The summed E-state index contributed by atoms with van der Waals surface area (Å²) < 4.78 is 2.10. The van der Waals surface area contributed by atoms with Gasteiger partial charge in [-0.2, -0.15) is 0 Å². The molecule has 3 aromatic carbocycles. The number of nitrogens with zero attached hydrogens (tertiary/aromatic N) is 3. The van der Waals surface area contributed by atoms with Crippen molar-refractivity contribution in [1.29, 1.82) is 0 Å². The van der Waals surface area contributed by atoms with Gasteiger partial charge in [0, 0.05) is 5.88 Å². The minimum absolute atomic E-state index is 0.426. The van der Waals surface area contributed by atoms with Crippen LogP contribution in [0, 0.1) is 0 Å². The van der Waals surface area contributed by atoms with E-state index >= 15 is 0 Å². The molecular weight excluding hydrogens is 354 g/mol. The first kappa shape index (κ1) is 17.7. The van der Waals surface area contributed by atoms with E-state index in [2.05, 4.69) is 81.7 Å². The maximum Gasteiger partial charge on any atom is 0.115 e. The zero-order valence-corrected chi connectivity index (χ0v) is 15.9. The summed E-state index contributed by atoms with van der Waals surface area (Å²) in [6, 6.07) is 29.4. The first-order valence-corrected chi connectivity index (χ1v) is 9.87. The fourth-order valence-corrected chi connectivity index (χ4v) is 4.05. The van der Waals surface area contributed by atoms with E-state index in [9.17, 15) is 0 Å². The molecule has 0 aliphatic carbocycles. The Bertz CT molecular complexity index is 956. The number of rotatable bonds is 7. The largest absolute Gasteiger partial charge is 0.230 e. The topological polar surface area (TPSA) is 30.7 Å². The van der Waals surface area contributed by atoms with E-state index in [1.54, 1.807) is 0 Å². The van der Waals surface area contributed by atoms with Crippen LogP contribution in [0.25, 0.3) is 11.0 Å². The summed E-state index contributed by atoms with van der Waals surface area (Å²) in [6.45, 7) is 0. The van der Waals surface area contributed by atoms with Crippen molar-refractivity contribution in [3.05, 3.63) is 96.1 Å². The van der Waals surface area contributed by atoms with Gasteiger partial charge < -0.3 is 0 Å². The molecular formula is C23H22ClN3. The van der Waals surface area contributed by atoms with Crippen LogP contribution in [-0.2, 0) is 5.54 Å². The number of hydrogen-bond donors (Lipinski definition) is 0. The summed E-state index contributed by atoms with van der Waals surface area (Å²) in [6.07, 6.45) is 2.87.